The van der Waals surface area contributed by atoms with Gasteiger partial charge in [-0.25, -0.2) is 0 Å². The second kappa shape index (κ2) is 9.56. The first-order valence-electron chi connectivity index (χ1n) is 12.3. The lowest BCUT2D eigenvalue weighted by molar-refractivity contribution is 0.0670. The van der Waals surface area contributed by atoms with Gasteiger partial charge in [0.15, 0.2) is 0 Å². The van der Waals surface area contributed by atoms with Crippen LogP contribution in [0.5, 0.6) is 11.5 Å². The quantitative estimate of drug-likeness (QED) is 0.281. The van der Waals surface area contributed by atoms with Gasteiger partial charge in [-0.05, 0) is 82.9 Å². The van der Waals surface area contributed by atoms with Gasteiger partial charge in [-0.15, -0.1) is 0 Å². The smallest absolute Gasteiger partial charge is 0.295 e. The van der Waals surface area contributed by atoms with E-state index in [1.807, 2.05) is 82.6 Å². The van der Waals surface area contributed by atoms with E-state index in [0.717, 1.165) is 24.3 Å². The standard InChI is InChI=1S/C30H25BrN2O4/c31-25-14-19-36-27(25)29(35)33-20-30(24-8-4-5-9-26(24)33)15-17-32(18-16-30)28(34)21-10-12-23(13-11-21)37-22-6-2-1-3-7-22/h1-14,19H,15-18,20H2. The largest absolute Gasteiger partial charge is 0.458 e. The fourth-order valence-corrected chi connectivity index (χ4v) is 5.79. The molecule has 0 unspecified atom stereocenters. The third kappa shape index (κ3) is 4.33. The fourth-order valence-electron chi connectivity index (χ4n) is 5.42. The molecule has 0 N–H and O–H groups in total. The minimum Gasteiger partial charge on any atom is -0.458 e. The number of hydrogen-bond acceptors (Lipinski definition) is 4. The normalized spacial score (nSPS) is 16.0. The summed E-state index contributed by atoms with van der Waals surface area (Å²) >= 11 is 3.41. The number of rotatable bonds is 4. The fraction of sp³-hybridized carbons (Fsp3) is 0.200. The lowest BCUT2D eigenvalue weighted by Crippen LogP contribution is -2.47. The molecular formula is C30H25BrN2O4. The van der Waals surface area contributed by atoms with Gasteiger partial charge in [-0.3, -0.25) is 9.59 Å². The lowest BCUT2D eigenvalue weighted by Gasteiger charge is -2.40. The van der Waals surface area contributed by atoms with Crippen LogP contribution in [0.1, 0.15) is 39.3 Å². The van der Waals surface area contributed by atoms with Crippen LogP contribution in [0.25, 0.3) is 0 Å². The van der Waals surface area contributed by atoms with Crippen LogP contribution in [0.15, 0.2) is 100 Å². The van der Waals surface area contributed by atoms with Crippen molar-refractivity contribution in [1.29, 1.82) is 0 Å². The van der Waals surface area contributed by atoms with E-state index < -0.39 is 0 Å². The number of halogens is 1. The van der Waals surface area contributed by atoms with Gasteiger partial charge >= 0.3 is 0 Å². The monoisotopic (exact) mass is 556 g/mol. The van der Waals surface area contributed by atoms with Gasteiger partial charge < -0.3 is 19.0 Å². The molecule has 0 atom stereocenters. The zero-order valence-electron chi connectivity index (χ0n) is 20.1. The third-order valence-electron chi connectivity index (χ3n) is 7.37. The van der Waals surface area contributed by atoms with E-state index >= 15 is 0 Å². The Morgan fingerprint density at radius 3 is 2.19 bits per heavy atom. The molecule has 2 aliphatic rings. The van der Waals surface area contributed by atoms with Gasteiger partial charge in [-0.2, -0.15) is 0 Å². The van der Waals surface area contributed by atoms with E-state index in [-0.39, 0.29) is 17.2 Å². The molecule has 4 aromatic rings. The van der Waals surface area contributed by atoms with Gasteiger partial charge in [0.1, 0.15) is 11.5 Å². The molecule has 1 fully saturated rings. The molecule has 3 aromatic carbocycles. The number of anilines is 1. The first-order valence-corrected chi connectivity index (χ1v) is 13.1. The summed E-state index contributed by atoms with van der Waals surface area (Å²) in [5, 5.41) is 0. The Labute approximate surface area is 223 Å². The first kappa shape index (κ1) is 23.6. The molecule has 7 heteroatoms. The maximum atomic E-state index is 13.3. The lowest BCUT2D eigenvalue weighted by atomic mass is 9.74. The Kier molecular flexibility index (Phi) is 6.08. The van der Waals surface area contributed by atoms with Crippen molar-refractivity contribution in [3.8, 4) is 11.5 Å². The highest BCUT2D eigenvalue weighted by Gasteiger charge is 2.47. The van der Waals surface area contributed by atoms with Crippen LogP contribution in [0, 0.1) is 0 Å². The molecule has 3 heterocycles. The van der Waals surface area contributed by atoms with Gasteiger partial charge in [-0.1, -0.05) is 36.4 Å². The highest BCUT2D eigenvalue weighted by molar-refractivity contribution is 9.10. The summed E-state index contributed by atoms with van der Waals surface area (Å²) in [5.74, 6) is 1.61. The SMILES string of the molecule is O=C(c1ccc(Oc2ccccc2)cc1)N1CCC2(CC1)CN(C(=O)c1occc1Br)c1ccccc12. The Bertz CT molecular complexity index is 1440. The summed E-state index contributed by atoms with van der Waals surface area (Å²) in [7, 11) is 0. The number of likely N-dealkylation sites (tertiary alicyclic amines) is 1. The summed E-state index contributed by atoms with van der Waals surface area (Å²) in [4.78, 5) is 30.4. The van der Waals surface area contributed by atoms with E-state index in [4.69, 9.17) is 9.15 Å². The third-order valence-corrected chi connectivity index (χ3v) is 8.00. The number of furan rings is 1. The molecule has 0 saturated carbocycles. The van der Waals surface area contributed by atoms with Gasteiger partial charge in [0, 0.05) is 36.3 Å². The van der Waals surface area contributed by atoms with E-state index in [0.29, 0.717) is 41.2 Å². The number of para-hydroxylation sites is 2. The van der Waals surface area contributed by atoms with E-state index in [2.05, 4.69) is 22.0 Å². The minimum absolute atomic E-state index is 0.0137. The summed E-state index contributed by atoms with van der Waals surface area (Å²) in [6.07, 6.45) is 3.08. The van der Waals surface area contributed by atoms with Crippen molar-refractivity contribution in [2.24, 2.45) is 0 Å². The van der Waals surface area contributed by atoms with Gasteiger partial charge in [0.05, 0.1) is 10.7 Å². The molecule has 186 valence electrons. The number of carbonyl (C=O) groups is 2. The number of benzene rings is 3. The summed E-state index contributed by atoms with van der Waals surface area (Å²) in [5.41, 5.74) is 2.54. The van der Waals surface area contributed by atoms with Crippen LogP contribution in [0.3, 0.4) is 0 Å². The van der Waals surface area contributed by atoms with Gasteiger partial charge in [0.25, 0.3) is 11.8 Å². The van der Waals surface area contributed by atoms with Crippen molar-refractivity contribution in [3.05, 3.63) is 113 Å². The Morgan fingerprint density at radius 2 is 1.49 bits per heavy atom. The maximum absolute atomic E-state index is 13.3. The first-order chi connectivity index (χ1) is 18.0. The van der Waals surface area contributed by atoms with Crippen LogP contribution in [-0.4, -0.2) is 36.3 Å². The molecule has 2 aliphatic heterocycles. The molecule has 1 spiro atoms. The minimum atomic E-state index is -0.185. The van der Waals surface area contributed by atoms with Crippen LogP contribution in [0.4, 0.5) is 5.69 Å². The molecular weight excluding hydrogens is 532 g/mol. The molecule has 6 rings (SSSR count). The number of amides is 2. The average Bonchev–Trinajstić information content (AvgIpc) is 3.51. The zero-order valence-corrected chi connectivity index (χ0v) is 21.7. The summed E-state index contributed by atoms with van der Waals surface area (Å²) < 4.78 is 12.0. The van der Waals surface area contributed by atoms with E-state index in [1.165, 1.54) is 11.8 Å². The Morgan fingerprint density at radius 1 is 0.811 bits per heavy atom. The number of carbonyl (C=O) groups excluding carboxylic acids is 2. The average molecular weight is 557 g/mol. The van der Waals surface area contributed by atoms with Crippen LogP contribution in [0.2, 0.25) is 0 Å². The molecule has 0 bridgehead atoms. The second-order valence-corrected chi connectivity index (χ2v) is 10.4. The Balaban J connectivity index is 1.16. The number of fused-ring (bicyclic) bond motifs is 2. The molecule has 0 aliphatic carbocycles. The van der Waals surface area contributed by atoms with Crippen molar-refractivity contribution in [3.63, 3.8) is 0 Å². The molecule has 1 aromatic heterocycles. The van der Waals surface area contributed by atoms with E-state index in [1.54, 1.807) is 6.07 Å². The second-order valence-electron chi connectivity index (χ2n) is 9.52. The van der Waals surface area contributed by atoms with Gasteiger partial charge in [0.2, 0.25) is 5.76 Å². The van der Waals surface area contributed by atoms with Crippen molar-refractivity contribution in [1.82, 2.24) is 4.90 Å². The predicted molar refractivity (Wildman–Crippen MR) is 144 cm³/mol. The number of ether oxygens (including phenoxy) is 1. The zero-order chi connectivity index (χ0) is 25.4. The maximum Gasteiger partial charge on any atom is 0.295 e. The number of nitrogens with zero attached hydrogens (tertiary/aromatic N) is 2. The molecule has 0 radical (unpaired) electrons. The number of hydrogen-bond donors (Lipinski definition) is 0. The topological polar surface area (TPSA) is 63.0 Å². The van der Waals surface area contributed by atoms with Crippen molar-refractivity contribution < 1.29 is 18.7 Å². The highest BCUT2D eigenvalue weighted by atomic mass is 79.9. The highest BCUT2D eigenvalue weighted by Crippen LogP contribution is 2.47. The van der Waals surface area contributed by atoms with Crippen LogP contribution in [-0.2, 0) is 5.41 Å². The molecule has 37 heavy (non-hydrogen) atoms. The molecule has 6 nitrogen and oxygen atoms in total. The van der Waals surface area contributed by atoms with Crippen molar-refractivity contribution >= 4 is 33.4 Å². The summed E-state index contributed by atoms with van der Waals surface area (Å²) in [6, 6.07) is 26.7. The van der Waals surface area contributed by atoms with Crippen LogP contribution >= 0.6 is 15.9 Å². The van der Waals surface area contributed by atoms with Crippen molar-refractivity contribution in [2.45, 2.75) is 18.3 Å². The Hall–Kier alpha value is -3.84. The molecule has 1 saturated heterocycles. The van der Waals surface area contributed by atoms with Crippen molar-refractivity contribution in [2.75, 3.05) is 24.5 Å². The van der Waals surface area contributed by atoms with Crippen LogP contribution < -0.4 is 9.64 Å². The molecule has 2 amide bonds. The summed E-state index contributed by atoms with van der Waals surface area (Å²) in [6.45, 7) is 1.83. The van der Waals surface area contributed by atoms with E-state index in [9.17, 15) is 9.59 Å². The number of piperidine rings is 1. The predicted octanol–water partition coefficient (Wildman–Crippen LogP) is 6.67.